The minimum absolute atomic E-state index is 0.0791. The number of nitro groups is 1. The van der Waals surface area contributed by atoms with Crippen LogP contribution in [-0.4, -0.2) is 32.9 Å². The maximum absolute atomic E-state index is 10.4. The van der Waals surface area contributed by atoms with Crippen LogP contribution in [0.4, 0.5) is 11.6 Å². The molecule has 17 heavy (non-hydrogen) atoms. The van der Waals surface area contributed by atoms with Crippen molar-refractivity contribution in [2.75, 3.05) is 23.4 Å². The quantitative estimate of drug-likeness (QED) is 0.653. The van der Waals surface area contributed by atoms with Crippen LogP contribution in [0.1, 0.15) is 12.8 Å². The number of anilines is 1. The van der Waals surface area contributed by atoms with Gasteiger partial charge in [0.25, 0.3) is 0 Å². The highest BCUT2D eigenvalue weighted by atomic mass is 32.2. The van der Waals surface area contributed by atoms with Crippen molar-refractivity contribution in [2.24, 2.45) is 5.92 Å². The van der Waals surface area contributed by atoms with Gasteiger partial charge >= 0.3 is 5.69 Å². The van der Waals surface area contributed by atoms with Gasteiger partial charge in [0.2, 0.25) is 5.95 Å². The van der Waals surface area contributed by atoms with E-state index in [1.165, 1.54) is 36.7 Å². The van der Waals surface area contributed by atoms with Crippen LogP contribution in [-0.2, 0) is 0 Å². The topological polar surface area (TPSA) is 81.0 Å². The predicted octanol–water partition coefficient (Wildman–Crippen LogP) is 1.94. The molecule has 1 aromatic rings. The van der Waals surface area contributed by atoms with Gasteiger partial charge in [0, 0.05) is 6.54 Å². The maximum atomic E-state index is 10.4. The average Bonchev–Trinajstić information content (AvgIpc) is 2.38. The SMILES string of the molecule is O=[N+]([O-])c1cnc(NCC2CCSCC2)nc1. The van der Waals surface area contributed by atoms with Crippen molar-refractivity contribution < 1.29 is 4.92 Å². The summed E-state index contributed by atoms with van der Waals surface area (Å²) in [6, 6.07) is 0. The second kappa shape index (κ2) is 5.81. The summed E-state index contributed by atoms with van der Waals surface area (Å²) in [4.78, 5) is 17.8. The molecule has 1 N–H and O–H groups in total. The summed E-state index contributed by atoms with van der Waals surface area (Å²) in [5.74, 6) is 3.56. The molecule has 0 unspecified atom stereocenters. The fourth-order valence-electron chi connectivity index (χ4n) is 1.69. The molecule has 2 rings (SSSR count). The van der Waals surface area contributed by atoms with E-state index in [2.05, 4.69) is 15.3 Å². The van der Waals surface area contributed by atoms with E-state index in [1.54, 1.807) is 0 Å². The molecule has 1 aliphatic heterocycles. The lowest BCUT2D eigenvalue weighted by Gasteiger charge is -2.21. The summed E-state index contributed by atoms with van der Waals surface area (Å²) < 4.78 is 0. The number of hydrogen-bond donors (Lipinski definition) is 1. The van der Waals surface area contributed by atoms with E-state index in [1.807, 2.05) is 11.8 Å². The van der Waals surface area contributed by atoms with E-state index >= 15 is 0 Å². The Morgan fingerprint density at radius 2 is 2.06 bits per heavy atom. The van der Waals surface area contributed by atoms with Crippen molar-refractivity contribution in [3.05, 3.63) is 22.5 Å². The van der Waals surface area contributed by atoms with E-state index < -0.39 is 4.92 Å². The van der Waals surface area contributed by atoms with Crippen LogP contribution in [0.5, 0.6) is 0 Å². The summed E-state index contributed by atoms with van der Waals surface area (Å²) in [5.41, 5.74) is -0.0791. The molecular weight excluding hydrogens is 240 g/mol. The van der Waals surface area contributed by atoms with Crippen LogP contribution in [0, 0.1) is 16.0 Å². The molecule has 0 bridgehead atoms. The molecule has 92 valence electrons. The second-order valence-electron chi connectivity index (χ2n) is 3.96. The maximum Gasteiger partial charge on any atom is 0.305 e. The second-order valence-corrected chi connectivity index (χ2v) is 5.18. The molecule has 1 fully saturated rings. The minimum Gasteiger partial charge on any atom is -0.354 e. The average molecular weight is 254 g/mol. The molecule has 0 radical (unpaired) electrons. The number of hydrogen-bond acceptors (Lipinski definition) is 6. The Morgan fingerprint density at radius 1 is 1.41 bits per heavy atom. The third-order valence-electron chi connectivity index (χ3n) is 2.74. The molecule has 2 heterocycles. The van der Waals surface area contributed by atoms with Gasteiger partial charge in [-0.15, -0.1) is 0 Å². The summed E-state index contributed by atoms with van der Waals surface area (Å²) in [6.45, 7) is 0.846. The molecule has 0 atom stereocenters. The number of nitrogens with one attached hydrogen (secondary N) is 1. The van der Waals surface area contributed by atoms with Crippen molar-refractivity contribution >= 4 is 23.4 Å². The minimum atomic E-state index is -0.498. The highest BCUT2D eigenvalue weighted by Crippen LogP contribution is 2.22. The predicted molar refractivity (Wildman–Crippen MR) is 67.2 cm³/mol. The van der Waals surface area contributed by atoms with Crippen LogP contribution >= 0.6 is 11.8 Å². The smallest absolute Gasteiger partial charge is 0.305 e. The normalized spacial score (nSPS) is 16.7. The first kappa shape index (κ1) is 12.1. The first-order valence-corrected chi connectivity index (χ1v) is 6.69. The van der Waals surface area contributed by atoms with E-state index in [0.717, 1.165) is 6.54 Å². The summed E-state index contributed by atoms with van der Waals surface area (Å²) in [6.07, 6.45) is 4.88. The van der Waals surface area contributed by atoms with Crippen molar-refractivity contribution in [3.63, 3.8) is 0 Å². The van der Waals surface area contributed by atoms with Gasteiger partial charge in [0.15, 0.2) is 0 Å². The van der Waals surface area contributed by atoms with Gasteiger partial charge in [-0.3, -0.25) is 10.1 Å². The third kappa shape index (κ3) is 3.55. The van der Waals surface area contributed by atoms with Gasteiger partial charge in [-0.05, 0) is 30.3 Å². The lowest BCUT2D eigenvalue weighted by atomic mass is 10.0. The van der Waals surface area contributed by atoms with Gasteiger partial charge in [-0.2, -0.15) is 11.8 Å². The lowest BCUT2D eigenvalue weighted by Crippen LogP contribution is -2.20. The molecule has 0 spiro atoms. The number of thioether (sulfide) groups is 1. The van der Waals surface area contributed by atoms with Crippen LogP contribution < -0.4 is 5.32 Å². The van der Waals surface area contributed by atoms with E-state index in [9.17, 15) is 10.1 Å². The van der Waals surface area contributed by atoms with Crippen LogP contribution in [0.2, 0.25) is 0 Å². The molecule has 0 aromatic carbocycles. The van der Waals surface area contributed by atoms with Gasteiger partial charge in [0.05, 0.1) is 4.92 Å². The molecule has 0 amide bonds. The first-order valence-electron chi connectivity index (χ1n) is 5.54. The zero-order valence-corrected chi connectivity index (χ0v) is 10.2. The van der Waals surface area contributed by atoms with Crippen molar-refractivity contribution in [3.8, 4) is 0 Å². The first-order chi connectivity index (χ1) is 8.25. The third-order valence-corrected chi connectivity index (χ3v) is 3.79. The van der Waals surface area contributed by atoms with E-state index in [-0.39, 0.29) is 5.69 Å². The van der Waals surface area contributed by atoms with Crippen LogP contribution in [0.15, 0.2) is 12.4 Å². The standard InChI is InChI=1S/C10H14N4O2S/c15-14(16)9-6-12-10(13-7-9)11-5-8-1-3-17-4-2-8/h6-8H,1-5H2,(H,11,12,13). The molecule has 1 aliphatic rings. The largest absolute Gasteiger partial charge is 0.354 e. The Labute approximate surface area is 103 Å². The summed E-state index contributed by atoms with van der Waals surface area (Å²) >= 11 is 1.99. The molecule has 0 aliphatic carbocycles. The lowest BCUT2D eigenvalue weighted by molar-refractivity contribution is -0.385. The summed E-state index contributed by atoms with van der Waals surface area (Å²) in [5, 5.41) is 13.5. The Morgan fingerprint density at radius 3 is 2.65 bits per heavy atom. The highest BCUT2D eigenvalue weighted by Gasteiger charge is 2.14. The zero-order chi connectivity index (χ0) is 12.1. The van der Waals surface area contributed by atoms with Crippen molar-refractivity contribution in [1.29, 1.82) is 0 Å². The Balaban J connectivity index is 1.84. The van der Waals surface area contributed by atoms with Crippen LogP contribution in [0.3, 0.4) is 0 Å². The highest BCUT2D eigenvalue weighted by molar-refractivity contribution is 7.99. The van der Waals surface area contributed by atoms with Crippen molar-refractivity contribution in [2.45, 2.75) is 12.8 Å². The fourth-order valence-corrected chi connectivity index (χ4v) is 2.90. The fraction of sp³-hybridized carbons (Fsp3) is 0.600. The van der Waals surface area contributed by atoms with Crippen LogP contribution in [0.25, 0.3) is 0 Å². The molecule has 1 saturated heterocycles. The number of nitrogens with zero attached hydrogens (tertiary/aromatic N) is 3. The molecule has 0 saturated carbocycles. The van der Waals surface area contributed by atoms with E-state index in [0.29, 0.717) is 11.9 Å². The Kier molecular flexibility index (Phi) is 4.13. The molecular formula is C10H14N4O2S. The van der Waals surface area contributed by atoms with Gasteiger partial charge in [0.1, 0.15) is 12.4 Å². The molecule has 6 nitrogen and oxygen atoms in total. The van der Waals surface area contributed by atoms with Gasteiger partial charge in [-0.1, -0.05) is 0 Å². The zero-order valence-electron chi connectivity index (χ0n) is 9.33. The number of aromatic nitrogens is 2. The number of rotatable bonds is 4. The van der Waals surface area contributed by atoms with E-state index in [4.69, 9.17) is 0 Å². The Hall–Kier alpha value is -1.37. The van der Waals surface area contributed by atoms with Gasteiger partial charge in [-0.25, -0.2) is 9.97 Å². The molecule has 7 heteroatoms. The van der Waals surface area contributed by atoms with Gasteiger partial charge < -0.3 is 5.32 Å². The monoisotopic (exact) mass is 254 g/mol. The molecule has 1 aromatic heterocycles. The Bertz CT molecular complexity index is 378. The summed E-state index contributed by atoms with van der Waals surface area (Å²) in [7, 11) is 0. The van der Waals surface area contributed by atoms with Crippen molar-refractivity contribution in [1.82, 2.24) is 9.97 Å².